The highest BCUT2D eigenvalue weighted by Crippen LogP contribution is 2.20. The Labute approximate surface area is 196 Å². The van der Waals surface area contributed by atoms with Gasteiger partial charge in [-0.2, -0.15) is 4.31 Å². The average molecular weight is 487 g/mol. The number of halogens is 1. The van der Waals surface area contributed by atoms with Gasteiger partial charge in [0.1, 0.15) is 10.7 Å². The molecule has 1 aliphatic heterocycles. The van der Waals surface area contributed by atoms with E-state index >= 15 is 0 Å². The van der Waals surface area contributed by atoms with Crippen LogP contribution in [0, 0.1) is 5.82 Å². The number of sulfonamides is 1. The largest absolute Gasteiger partial charge is 0.459 e. The van der Waals surface area contributed by atoms with Gasteiger partial charge in [0.15, 0.2) is 5.76 Å². The maximum atomic E-state index is 14.0. The Kier molecular flexibility index (Phi) is 6.94. The van der Waals surface area contributed by atoms with Gasteiger partial charge < -0.3 is 20.0 Å². The molecular weight excluding hydrogens is 463 g/mol. The number of anilines is 1. The zero-order valence-electron chi connectivity index (χ0n) is 18.1. The van der Waals surface area contributed by atoms with Crippen LogP contribution in [0.15, 0.2) is 76.2 Å². The zero-order chi connectivity index (χ0) is 24.1. The van der Waals surface area contributed by atoms with Crippen molar-refractivity contribution in [1.82, 2.24) is 14.5 Å². The van der Waals surface area contributed by atoms with Crippen molar-refractivity contribution in [3.63, 3.8) is 0 Å². The van der Waals surface area contributed by atoms with E-state index < -0.39 is 15.8 Å². The predicted octanol–water partition coefficient (Wildman–Crippen LogP) is 2.89. The Balaban J connectivity index is 1.26. The van der Waals surface area contributed by atoms with Gasteiger partial charge in [0.05, 0.1) is 6.26 Å². The van der Waals surface area contributed by atoms with Gasteiger partial charge >= 0.3 is 6.03 Å². The number of furan rings is 1. The van der Waals surface area contributed by atoms with Crippen molar-refractivity contribution in [2.45, 2.75) is 11.4 Å². The normalized spacial score (nSPS) is 14.6. The number of piperazine rings is 1. The van der Waals surface area contributed by atoms with E-state index in [0.29, 0.717) is 5.69 Å². The van der Waals surface area contributed by atoms with Gasteiger partial charge in [-0.05, 0) is 42.0 Å². The summed E-state index contributed by atoms with van der Waals surface area (Å²) in [6, 6.07) is 15.1. The summed E-state index contributed by atoms with van der Waals surface area (Å²) in [6.45, 7) is 0.801. The number of benzene rings is 2. The topological polar surface area (TPSA) is 112 Å². The number of hydrogen-bond acceptors (Lipinski definition) is 5. The standard InChI is InChI=1S/C23H23FN4O5S/c24-19-4-1-2-6-21(19)34(31,32)28-13-11-27(12-14-28)23(30)25-16-17-7-9-18(10-8-17)26-22(29)20-5-3-15-33-20/h1-10,15H,11-14,16H2,(H,25,30)(H,26,29). The van der Waals surface area contributed by atoms with E-state index in [1.165, 1.54) is 33.7 Å². The molecule has 0 spiro atoms. The molecule has 2 aromatic carbocycles. The van der Waals surface area contributed by atoms with Crippen molar-refractivity contribution in [1.29, 1.82) is 0 Å². The minimum Gasteiger partial charge on any atom is -0.459 e. The highest BCUT2D eigenvalue weighted by molar-refractivity contribution is 7.89. The van der Waals surface area contributed by atoms with E-state index in [1.54, 1.807) is 36.4 Å². The van der Waals surface area contributed by atoms with E-state index in [2.05, 4.69) is 10.6 Å². The van der Waals surface area contributed by atoms with Gasteiger partial charge in [-0.15, -0.1) is 0 Å². The molecule has 11 heteroatoms. The first-order chi connectivity index (χ1) is 16.3. The number of rotatable bonds is 6. The summed E-state index contributed by atoms with van der Waals surface area (Å²) >= 11 is 0. The Morgan fingerprint density at radius 2 is 1.65 bits per heavy atom. The molecule has 2 heterocycles. The fraction of sp³-hybridized carbons (Fsp3) is 0.217. The molecule has 1 aromatic heterocycles. The molecule has 0 saturated carbocycles. The van der Waals surface area contributed by atoms with Crippen LogP contribution in [-0.2, 0) is 16.6 Å². The summed E-state index contributed by atoms with van der Waals surface area (Å²) in [6.07, 6.45) is 1.42. The molecular formula is C23H23FN4O5S. The summed E-state index contributed by atoms with van der Waals surface area (Å²) in [4.78, 5) is 25.7. The molecule has 0 atom stereocenters. The van der Waals surface area contributed by atoms with Gasteiger partial charge in [0, 0.05) is 38.4 Å². The third-order valence-corrected chi connectivity index (χ3v) is 7.31. The molecule has 34 heavy (non-hydrogen) atoms. The summed E-state index contributed by atoms with van der Waals surface area (Å²) in [5, 5.41) is 5.52. The van der Waals surface area contributed by atoms with Crippen LogP contribution >= 0.6 is 0 Å². The fourth-order valence-electron chi connectivity index (χ4n) is 3.52. The molecule has 0 bridgehead atoms. The van der Waals surface area contributed by atoms with Gasteiger partial charge in [-0.25, -0.2) is 17.6 Å². The van der Waals surface area contributed by atoms with Crippen LogP contribution in [0.4, 0.5) is 14.9 Å². The Morgan fingerprint density at radius 1 is 0.941 bits per heavy atom. The van der Waals surface area contributed by atoms with Crippen LogP contribution in [0.3, 0.4) is 0 Å². The van der Waals surface area contributed by atoms with E-state index in [0.717, 1.165) is 11.6 Å². The van der Waals surface area contributed by atoms with Crippen molar-refractivity contribution in [2.75, 3.05) is 31.5 Å². The highest BCUT2D eigenvalue weighted by atomic mass is 32.2. The van der Waals surface area contributed by atoms with Crippen molar-refractivity contribution in [2.24, 2.45) is 0 Å². The van der Waals surface area contributed by atoms with Gasteiger partial charge in [0.25, 0.3) is 5.91 Å². The molecule has 9 nitrogen and oxygen atoms in total. The minimum atomic E-state index is -3.96. The molecule has 1 aliphatic rings. The van der Waals surface area contributed by atoms with E-state index in [1.807, 2.05) is 0 Å². The first kappa shape index (κ1) is 23.5. The predicted molar refractivity (Wildman–Crippen MR) is 122 cm³/mol. The molecule has 0 unspecified atom stereocenters. The average Bonchev–Trinajstić information content (AvgIpc) is 3.39. The number of amides is 3. The fourth-order valence-corrected chi connectivity index (χ4v) is 5.01. The quantitative estimate of drug-likeness (QED) is 0.557. The number of urea groups is 1. The van der Waals surface area contributed by atoms with Crippen LogP contribution in [0.5, 0.6) is 0 Å². The van der Waals surface area contributed by atoms with E-state index in [4.69, 9.17) is 4.42 Å². The lowest BCUT2D eigenvalue weighted by atomic mass is 10.2. The maximum absolute atomic E-state index is 14.0. The summed E-state index contributed by atoms with van der Waals surface area (Å²) in [5.41, 5.74) is 1.41. The maximum Gasteiger partial charge on any atom is 0.317 e. The molecule has 178 valence electrons. The second kappa shape index (κ2) is 10.1. The van der Waals surface area contributed by atoms with Crippen molar-refractivity contribution in [3.05, 3.63) is 84.1 Å². The molecule has 1 fully saturated rings. The monoisotopic (exact) mass is 486 g/mol. The van der Waals surface area contributed by atoms with Crippen LogP contribution in [0.25, 0.3) is 0 Å². The first-order valence-corrected chi connectivity index (χ1v) is 12.0. The number of carbonyl (C=O) groups excluding carboxylic acids is 2. The number of carbonyl (C=O) groups is 2. The van der Waals surface area contributed by atoms with Crippen molar-refractivity contribution in [3.8, 4) is 0 Å². The van der Waals surface area contributed by atoms with Crippen LogP contribution in [-0.4, -0.2) is 55.7 Å². The Hall–Kier alpha value is -3.70. The third kappa shape index (κ3) is 5.26. The summed E-state index contributed by atoms with van der Waals surface area (Å²) < 4.78 is 45.6. The molecule has 2 N–H and O–H groups in total. The number of hydrogen-bond donors (Lipinski definition) is 2. The van der Waals surface area contributed by atoms with Crippen molar-refractivity contribution < 1.29 is 26.8 Å². The van der Waals surface area contributed by atoms with E-state index in [9.17, 15) is 22.4 Å². The van der Waals surface area contributed by atoms with E-state index in [-0.39, 0.29) is 55.3 Å². The van der Waals surface area contributed by atoms with Gasteiger partial charge in [-0.3, -0.25) is 4.79 Å². The lowest BCUT2D eigenvalue weighted by molar-refractivity contribution is 0.0996. The summed E-state index contributed by atoms with van der Waals surface area (Å²) in [7, 11) is -3.96. The molecule has 0 aliphatic carbocycles. The molecule has 1 saturated heterocycles. The third-order valence-electron chi connectivity index (χ3n) is 5.38. The molecule has 0 radical (unpaired) electrons. The second-order valence-corrected chi connectivity index (χ2v) is 9.51. The Bertz CT molecular complexity index is 1250. The van der Waals surface area contributed by atoms with Gasteiger partial charge in [-0.1, -0.05) is 24.3 Å². The number of nitrogens with zero attached hydrogens (tertiary/aromatic N) is 2. The lowest BCUT2D eigenvalue weighted by Gasteiger charge is -2.34. The smallest absolute Gasteiger partial charge is 0.317 e. The molecule has 4 rings (SSSR count). The molecule has 3 aromatic rings. The number of nitrogens with one attached hydrogen (secondary N) is 2. The first-order valence-electron chi connectivity index (χ1n) is 10.6. The van der Waals surface area contributed by atoms with Crippen LogP contribution in [0.2, 0.25) is 0 Å². The Morgan fingerprint density at radius 3 is 2.29 bits per heavy atom. The van der Waals surface area contributed by atoms with Crippen LogP contribution < -0.4 is 10.6 Å². The SMILES string of the molecule is O=C(Nc1ccc(CNC(=O)N2CCN(S(=O)(=O)c3ccccc3F)CC2)cc1)c1ccco1. The van der Waals surface area contributed by atoms with Gasteiger partial charge in [0.2, 0.25) is 10.0 Å². The lowest BCUT2D eigenvalue weighted by Crippen LogP contribution is -2.53. The zero-order valence-corrected chi connectivity index (χ0v) is 18.9. The molecule has 3 amide bonds. The minimum absolute atomic E-state index is 0.0775. The highest BCUT2D eigenvalue weighted by Gasteiger charge is 2.31. The van der Waals surface area contributed by atoms with Crippen molar-refractivity contribution >= 4 is 27.6 Å². The van der Waals surface area contributed by atoms with Crippen LogP contribution in [0.1, 0.15) is 16.1 Å². The summed E-state index contributed by atoms with van der Waals surface area (Å²) in [5.74, 6) is -0.949. The second-order valence-electron chi connectivity index (χ2n) is 7.61.